The molecule has 0 aromatic carbocycles. The fourth-order valence-electron chi connectivity index (χ4n) is 5.17. The van der Waals surface area contributed by atoms with Crippen LogP contribution in [-0.4, -0.2) is 57.8 Å². The Kier molecular flexibility index (Phi) is 4.99. The number of hydrogen-bond donors (Lipinski definition) is 3. The normalized spacial score (nSPS) is 47.1. The molecule has 1 aliphatic heterocycles. The van der Waals surface area contributed by atoms with Gasteiger partial charge in [-0.05, 0) is 19.8 Å². The molecule has 9 atom stereocenters. The Morgan fingerprint density at radius 1 is 1.37 bits per heavy atom. The summed E-state index contributed by atoms with van der Waals surface area (Å²) in [5, 5.41) is 32.9. The Balaban J connectivity index is 2.02. The van der Waals surface area contributed by atoms with E-state index in [2.05, 4.69) is 6.58 Å². The lowest BCUT2D eigenvalue weighted by atomic mass is 9.67. The van der Waals surface area contributed by atoms with E-state index >= 15 is 0 Å². The van der Waals surface area contributed by atoms with Crippen LogP contribution in [0.25, 0.3) is 0 Å². The third-order valence-electron chi connectivity index (χ3n) is 6.99. The summed E-state index contributed by atoms with van der Waals surface area (Å²) < 4.78 is 10.9. The monoisotopic (exact) mass is 380 g/mol. The molecular weight excluding hydrogens is 352 g/mol. The van der Waals surface area contributed by atoms with Crippen LogP contribution in [0.15, 0.2) is 23.8 Å². The van der Waals surface area contributed by atoms with Crippen LogP contribution in [0.2, 0.25) is 0 Å². The number of ether oxygens (including phenoxy) is 2. The number of aliphatic hydroxyl groups excluding tert-OH is 3. The summed E-state index contributed by atoms with van der Waals surface area (Å²) in [6, 6.07) is 0. The second-order valence-corrected chi connectivity index (χ2v) is 8.27. The molecule has 1 saturated heterocycles. The molecule has 3 fully saturated rings. The van der Waals surface area contributed by atoms with Crippen molar-refractivity contribution in [2.24, 2.45) is 23.2 Å². The molecule has 2 aliphatic carbocycles. The van der Waals surface area contributed by atoms with Gasteiger partial charge in [0.15, 0.2) is 0 Å². The lowest BCUT2D eigenvalue weighted by molar-refractivity contribution is -0.152. The Morgan fingerprint density at radius 2 is 2.00 bits per heavy atom. The Hall–Kier alpha value is -1.70. The third-order valence-corrected chi connectivity index (χ3v) is 6.99. The maximum Gasteiger partial charge on any atom is 0.334 e. The summed E-state index contributed by atoms with van der Waals surface area (Å²) in [7, 11) is 0. The van der Waals surface area contributed by atoms with Gasteiger partial charge in [0.2, 0.25) is 0 Å². The molecule has 0 spiro atoms. The zero-order valence-corrected chi connectivity index (χ0v) is 16.1. The number of aliphatic hydroxyl groups is 3. The maximum atomic E-state index is 12.3. The number of rotatable bonds is 2. The molecule has 0 amide bonds. The van der Waals surface area contributed by atoms with Gasteiger partial charge in [0.1, 0.15) is 12.2 Å². The van der Waals surface area contributed by atoms with Gasteiger partial charge in [-0.2, -0.15) is 0 Å². The highest BCUT2D eigenvalue weighted by atomic mass is 16.6. The highest BCUT2D eigenvalue weighted by Gasteiger charge is 2.66. The van der Waals surface area contributed by atoms with Crippen molar-refractivity contribution in [2.75, 3.05) is 0 Å². The first-order valence-electron chi connectivity index (χ1n) is 9.33. The highest BCUT2D eigenvalue weighted by Crippen LogP contribution is 2.57. The molecule has 27 heavy (non-hydrogen) atoms. The first-order chi connectivity index (χ1) is 12.5. The van der Waals surface area contributed by atoms with Crippen LogP contribution in [0.3, 0.4) is 0 Å². The number of hydrogen-bond acceptors (Lipinski definition) is 7. The van der Waals surface area contributed by atoms with Crippen molar-refractivity contribution in [1.82, 2.24) is 0 Å². The largest absolute Gasteiger partial charge is 0.459 e. The van der Waals surface area contributed by atoms with Crippen LogP contribution in [0.4, 0.5) is 0 Å². The zero-order chi connectivity index (χ0) is 20.3. The Morgan fingerprint density at radius 3 is 2.59 bits per heavy atom. The highest BCUT2D eigenvalue weighted by molar-refractivity contribution is 5.91. The predicted molar refractivity (Wildman–Crippen MR) is 95.2 cm³/mol. The molecule has 3 aliphatic rings. The predicted octanol–water partition coefficient (Wildman–Crippen LogP) is 0.721. The lowest BCUT2D eigenvalue weighted by Gasteiger charge is -2.41. The van der Waals surface area contributed by atoms with Gasteiger partial charge in [0.25, 0.3) is 0 Å². The van der Waals surface area contributed by atoms with Crippen LogP contribution in [0, 0.1) is 23.2 Å². The van der Waals surface area contributed by atoms with Crippen molar-refractivity contribution in [3.63, 3.8) is 0 Å². The van der Waals surface area contributed by atoms with E-state index in [0.717, 1.165) is 0 Å². The van der Waals surface area contributed by atoms with E-state index in [1.807, 2.05) is 0 Å². The average molecular weight is 380 g/mol. The molecule has 7 nitrogen and oxygen atoms in total. The van der Waals surface area contributed by atoms with Crippen molar-refractivity contribution in [3.05, 3.63) is 23.8 Å². The van der Waals surface area contributed by atoms with Crippen LogP contribution in [0.5, 0.6) is 0 Å². The summed E-state index contributed by atoms with van der Waals surface area (Å²) in [6.45, 7) is 10.6. The molecule has 0 aromatic rings. The average Bonchev–Trinajstić information content (AvgIpc) is 3.04. The summed E-state index contributed by atoms with van der Waals surface area (Å²) in [5.74, 6) is -2.94. The number of carbonyl (C=O) groups excluding carboxylic acids is 2. The van der Waals surface area contributed by atoms with Crippen LogP contribution < -0.4 is 0 Å². The van der Waals surface area contributed by atoms with Gasteiger partial charge in [-0.3, -0.25) is 0 Å². The van der Waals surface area contributed by atoms with E-state index in [1.165, 1.54) is 0 Å². The summed E-state index contributed by atoms with van der Waals surface area (Å²) in [5.41, 5.74) is -0.552. The van der Waals surface area contributed by atoms with E-state index in [1.54, 1.807) is 33.8 Å². The molecule has 150 valence electrons. The number of esters is 2. The van der Waals surface area contributed by atoms with Gasteiger partial charge in [0.05, 0.1) is 24.2 Å². The first-order valence-corrected chi connectivity index (χ1v) is 9.33. The molecule has 3 rings (SSSR count). The molecule has 7 heteroatoms. The zero-order valence-electron chi connectivity index (χ0n) is 16.1. The van der Waals surface area contributed by atoms with Gasteiger partial charge < -0.3 is 24.8 Å². The third kappa shape index (κ3) is 2.75. The fourth-order valence-corrected chi connectivity index (χ4v) is 5.17. The van der Waals surface area contributed by atoms with Crippen LogP contribution >= 0.6 is 0 Å². The quantitative estimate of drug-likeness (QED) is 0.478. The van der Waals surface area contributed by atoms with Gasteiger partial charge in [-0.1, -0.05) is 26.5 Å². The Bertz CT molecular complexity index is 698. The topological polar surface area (TPSA) is 113 Å². The molecule has 0 unspecified atom stereocenters. The van der Waals surface area contributed by atoms with Gasteiger partial charge >= 0.3 is 11.9 Å². The summed E-state index contributed by atoms with van der Waals surface area (Å²) in [4.78, 5) is 24.2. The molecule has 0 aromatic heterocycles. The minimum atomic E-state index is -1.17. The van der Waals surface area contributed by atoms with E-state index < -0.39 is 65.6 Å². The van der Waals surface area contributed by atoms with Gasteiger partial charge in [0, 0.05) is 28.9 Å². The molecule has 1 heterocycles. The first kappa shape index (κ1) is 20.0. The maximum absolute atomic E-state index is 12.3. The van der Waals surface area contributed by atoms with Gasteiger partial charge in [-0.15, -0.1) is 0 Å². The second kappa shape index (κ2) is 6.72. The van der Waals surface area contributed by atoms with Crippen molar-refractivity contribution in [3.8, 4) is 0 Å². The summed E-state index contributed by atoms with van der Waals surface area (Å²) >= 11 is 0. The van der Waals surface area contributed by atoms with E-state index in [9.17, 15) is 24.9 Å². The minimum absolute atomic E-state index is 0.0954. The van der Waals surface area contributed by atoms with Crippen molar-refractivity contribution in [2.45, 2.75) is 64.6 Å². The Labute approximate surface area is 158 Å². The van der Waals surface area contributed by atoms with Crippen molar-refractivity contribution in [1.29, 1.82) is 0 Å². The molecule has 0 bridgehead atoms. The number of allylic oxidation sites excluding steroid dienone is 1. The molecule has 0 radical (unpaired) electrons. The fraction of sp³-hybridized carbons (Fsp3) is 0.700. The smallest absolute Gasteiger partial charge is 0.334 e. The molecule has 3 N–H and O–H groups in total. The van der Waals surface area contributed by atoms with E-state index in [-0.39, 0.29) is 12.0 Å². The molecule has 2 saturated carbocycles. The number of carbonyl (C=O) groups is 2. The van der Waals surface area contributed by atoms with E-state index in [0.29, 0.717) is 5.57 Å². The SMILES string of the molecule is C=C1C(=O)O[C@H]2[C@H](O)[C@@H](C)[C@@H]3[C@@H](OC(=O)/C(C)=C\C)C[C@@H](O)[C@@]3(C)[C@H](O)[C@H]12. The minimum Gasteiger partial charge on any atom is -0.459 e. The standard InChI is InChI=1S/C20H28O7/c1-6-8(2)18(24)26-11-7-12(21)20(5)14(11)10(4)15(22)16-13(17(20)23)9(3)19(25)27-16/h6,10-17,21-23H,3,7H2,1-2,4-5H3/b8-6-/t10-,11-,12+,13+,14+,15+,16+,17+,20+/m0/s1. The van der Waals surface area contributed by atoms with Crippen molar-refractivity contribution < 1.29 is 34.4 Å². The molecular formula is C20H28O7. The van der Waals surface area contributed by atoms with Crippen LogP contribution in [-0.2, 0) is 19.1 Å². The van der Waals surface area contributed by atoms with Crippen LogP contribution in [0.1, 0.15) is 34.1 Å². The lowest BCUT2D eigenvalue weighted by Crippen LogP contribution is -2.49. The van der Waals surface area contributed by atoms with Gasteiger partial charge in [-0.25, -0.2) is 9.59 Å². The van der Waals surface area contributed by atoms with Crippen molar-refractivity contribution >= 4 is 11.9 Å². The second-order valence-electron chi connectivity index (χ2n) is 8.27. The summed E-state index contributed by atoms with van der Waals surface area (Å²) in [6.07, 6.45) is -3.04. The number of fused-ring (bicyclic) bond motifs is 2. The van der Waals surface area contributed by atoms with E-state index in [4.69, 9.17) is 9.47 Å².